The normalized spacial score (nSPS) is 26.3. The molecule has 0 aromatic heterocycles. The maximum absolute atomic E-state index is 12.8. The number of nitrogens with zero attached hydrogens (tertiary/aromatic N) is 1. The molecule has 3 aliphatic rings. The first-order chi connectivity index (χ1) is 10.6. The average Bonchev–Trinajstić information content (AvgIpc) is 3.19. The largest absolute Gasteiger partial charge is 0.352 e. The molecule has 1 atom stereocenters. The molecule has 2 aliphatic carbocycles. The number of hydrogen-bond acceptors (Lipinski definition) is 3. The molecule has 6 nitrogen and oxygen atoms in total. The van der Waals surface area contributed by atoms with E-state index in [0.29, 0.717) is 6.42 Å². The molecule has 0 bridgehead atoms. The number of fused-ring (bicyclic) bond motifs is 2. The number of nitrogens with one attached hydrogen (secondary N) is 2. The van der Waals surface area contributed by atoms with Crippen LogP contribution in [-0.2, 0) is 21.5 Å². The van der Waals surface area contributed by atoms with Gasteiger partial charge in [0.25, 0.3) is 5.91 Å². The minimum Gasteiger partial charge on any atom is -0.352 e. The number of benzene rings is 1. The van der Waals surface area contributed by atoms with E-state index in [1.54, 1.807) is 0 Å². The summed E-state index contributed by atoms with van der Waals surface area (Å²) in [5.41, 5.74) is 0.965. The lowest BCUT2D eigenvalue weighted by atomic mass is 9.92. The zero-order chi connectivity index (χ0) is 15.3. The van der Waals surface area contributed by atoms with Gasteiger partial charge in [-0.3, -0.25) is 14.5 Å². The molecule has 4 amide bonds. The van der Waals surface area contributed by atoms with Gasteiger partial charge < -0.3 is 10.6 Å². The van der Waals surface area contributed by atoms with E-state index in [4.69, 9.17) is 0 Å². The Hall–Kier alpha value is -2.37. The van der Waals surface area contributed by atoms with Gasteiger partial charge in [0, 0.05) is 6.04 Å². The van der Waals surface area contributed by atoms with Gasteiger partial charge in [-0.1, -0.05) is 24.3 Å². The van der Waals surface area contributed by atoms with E-state index in [0.717, 1.165) is 35.3 Å². The summed E-state index contributed by atoms with van der Waals surface area (Å²) in [6, 6.07) is 7.40. The first kappa shape index (κ1) is 13.3. The lowest BCUT2D eigenvalue weighted by molar-refractivity contribution is -0.135. The van der Waals surface area contributed by atoms with Crippen LogP contribution in [0.2, 0.25) is 0 Å². The predicted molar refractivity (Wildman–Crippen MR) is 77.9 cm³/mol. The summed E-state index contributed by atoms with van der Waals surface area (Å²) in [6.07, 6.45) is 3.26. The average molecular weight is 299 g/mol. The monoisotopic (exact) mass is 299 g/mol. The smallest absolute Gasteiger partial charge is 0.325 e. The third kappa shape index (κ3) is 1.90. The van der Waals surface area contributed by atoms with Crippen LogP contribution in [0.3, 0.4) is 0 Å². The topological polar surface area (TPSA) is 78.5 Å². The fraction of sp³-hybridized carbons (Fsp3) is 0.438. The fourth-order valence-electron chi connectivity index (χ4n) is 3.38. The van der Waals surface area contributed by atoms with Crippen molar-refractivity contribution in [3.8, 4) is 0 Å². The van der Waals surface area contributed by atoms with Crippen molar-refractivity contribution >= 4 is 17.8 Å². The molecule has 2 N–H and O–H groups in total. The Morgan fingerprint density at radius 1 is 1.32 bits per heavy atom. The summed E-state index contributed by atoms with van der Waals surface area (Å²) in [4.78, 5) is 38.0. The predicted octanol–water partition coefficient (Wildman–Crippen LogP) is 0.658. The van der Waals surface area contributed by atoms with Crippen LogP contribution in [-0.4, -0.2) is 35.3 Å². The minimum atomic E-state index is -0.979. The molecule has 1 aromatic rings. The number of imide groups is 1. The van der Waals surface area contributed by atoms with Crippen molar-refractivity contribution in [1.82, 2.24) is 15.5 Å². The Labute approximate surface area is 127 Å². The number of carbonyl (C=O) groups excluding carboxylic acids is 3. The Balaban J connectivity index is 1.58. The van der Waals surface area contributed by atoms with Gasteiger partial charge in [-0.2, -0.15) is 0 Å². The number of rotatable bonds is 3. The highest BCUT2D eigenvalue weighted by Crippen LogP contribution is 2.41. The van der Waals surface area contributed by atoms with Gasteiger partial charge in [0.15, 0.2) is 0 Å². The van der Waals surface area contributed by atoms with Crippen LogP contribution in [0.1, 0.15) is 30.4 Å². The molecule has 2 fully saturated rings. The third-order valence-corrected chi connectivity index (χ3v) is 4.67. The molecule has 1 aliphatic heterocycles. The van der Waals surface area contributed by atoms with E-state index in [1.165, 1.54) is 0 Å². The van der Waals surface area contributed by atoms with Crippen molar-refractivity contribution in [3.63, 3.8) is 0 Å². The van der Waals surface area contributed by atoms with Gasteiger partial charge >= 0.3 is 6.03 Å². The van der Waals surface area contributed by atoms with Gasteiger partial charge in [0.05, 0.1) is 0 Å². The number of aryl methyl sites for hydroxylation is 1. The van der Waals surface area contributed by atoms with E-state index >= 15 is 0 Å². The van der Waals surface area contributed by atoms with Crippen molar-refractivity contribution in [2.75, 3.05) is 6.54 Å². The Morgan fingerprint density at radius 2 is 2.09 bits per heavy atom. The molecule has 1 spiro atoms. The second-order valence-electron chi connectivity index (χ2n) is 6.23. The number of hydrogen-bond donors (Lipinski definition) is 2. The van der Waals surface area contributed by atoms with Gasteiger partial charge in [-0.25, -0.2) is 4.79 Å². The first-order valence-electron chi connectivity index (χ1n) is 7.62. The van der Waals surface area contributed by atoms with Crippen LogP contribution in [0.15, 0.2) is 24.3 Å². The minimum absolute atomic E-state index is 0.203. The third-order valence-electron chi connectivity index (χ3n) is 4.67. The molecular weight excluding hydrogens is 282 g/mol. The van der Waals surface area contributed by atoms with Crippen LogP contribution < -0.4 is 10.6 Å². The van der Waals surface area contributed by atoms with Crippen LogP contribution in [0.25, 0.3) is 0 Å². The molecule has 0 radical (unpaired) electrons. The van der Waals surface area contributed by atoms with E-state index in [-0.39, 0.29) is 24.4 Å². The van der Waals surface area contributed by atoms with Gasteiger partial charge in [0.1, 0.15) is 12.1 Å². The van der Waals surface area contributed by atoms with Crippen molar-refractivity contribution in [1.29, 1.82) is 0 Å². The van der Waals surface area contributed by atoms with Crippen molar-refractivity contribution < 1.29 is 14.4 Å². The maximum Gasteiger partial charge on any atom is 0.325 e. The molecule has 6 heteroatoms. The summed E-state index contributed by atoms with van der Waals surface area (Å²) in [5, 5.41) is 5.62. The second-order valence-corrected chi connectivity index (χ2v) is 6.23. The first-order valence-corrected chi connectivity index (χ1v) is 7.62. The highest BCUT2D eigenvalue weighted by atomic mass is 16.2. The molecule has 1 heterocycles. The fourth-order valence-corrected chi connectivity index (χ4v) is 3.38. The van der Waals surface area contributed by atoms with Crippen LogP contribution >= 0.6 is 0 Å². The zero-order valence-electron chi connectivity index (χ0n) is 12.1. The SMILES string of the molecule is O=C(CN1C(=O)N[C@@]2(CCc3ccccc32)C1=O)NC1CC1. The molecule has 1 saturated heterocycles. The quantitative estimate of drug-likeness (QED) is 0.805. The van der Waals surface area contributed by atoms with Gasteiger partial charge in [-0.05, 0) is 36.8 Å². The van der Waals surface area contributed by atoms with Crippen LogP contribution in [0.5, 0.6) is 0 Å². The molecule has 0 unspecified atom stereocenters. The zero-order valence-corrected chi connectivity index (χ0v) is 12.1. The van der Waals surface area contributed by atoms with E-state index in [9.17, 15) is 14.4 Å². The molecule has 114 valence electrons. The summed E-state index contributed by atoms with van der Waals surface area (Å²) in [7, 11) is 0. The lowest BCUT2D eigenvalue weighted by Gasteiger charge is -2.22. The Morgan fingerprint density at radius 3 is 2.86 bits per heavy atom. The Bertz CT molecular complexity index is 683. The summed E-state index contributed by atoms with van der Waals surface area (Å²) >= 11 is 0. The van der Waals surface area contributed by atoms with Crippen molar-refractivity contribution in [2.24, 2.45) is 0 Å². The number of carbonyl (C=O) groups is 3. The van der Waals surface area contributed by atoms with E-state index in [1.807, 2.05) is 24.3 Å². The van der Waals surface area contributed by atoms with Crippen molar-refractivity contribution in [2.45, 2.75) is 37.3 Å². The van der Waals surface area contributed by atoms with Crippen LogP contribution in [0.4, 0.5) is 4.79 Å². The van der Waals surface area contributed by atoms with E-state index in [2.05, 4.69) is 10.6 Å². The number of urea groups is 1. The summed E-state index contributed by atoms with van der Waals surface area (Å²) in [6.45, 7) is -0.203. The Kier molecular flexibility index (Phi) is 2.76. The van der Waals surface area contributed by atoms with E-state index < -0.39 is 11.6 Å². The molecule has 4 rings (SSSR count). The lowest BCUT2D eigenvalue weighted by Crippen LogP contribution is -2.44. The van der Waals surface area contributed by atoms with Gasteiger partial charge in [0.2, 0.25) is 5.91 Å². The number of amides is 4. The standard InChI is InChI=1S/C16H17N3O3/c20-13(17-11-5-6-11)9-19-14(21)16(18-15(19)22)8-7-10-3-1-2-4-12(10)16/h1-4,11H,5-9H2,(H,17,20)(H,18,22)/t16-/m1/s1. The molecular formula is C16H17N3O3. The highest BCUT2D eigenvalue weighted by Gasteiger charge is 2.55. The molecule has 1 aromatic carbocycles. The van der Waals surface area contributed by atoms with Gasteiger partial charge in [-0.15, -0.1) is 0 Å². The molecule has 22 heavy (non-hydrogen) atoms. The summed E-state index contributed by atoms with van der Waals surface area (Å²) in [5.74, 6) is -0.581. The molecule has 1 saturated carbocycles. The summed E-state index contributed by atoms with van der Waals surface area (Å²) < 4.78 is 0. The maximum atomic E-state index is 12.8. The highest BCUT2D eigenvalue weighted by molar-refractivity contribution is 6.09. The van der Waals surface area contributed by atoms with Crippen molar-refractivity contribution in [3.05, 3.63) is 35.4 Å². The van der Waals surface area contributed by atoms with Crippen LogP contribution in [0, 0.1) is 0 Å². The second kappa shape index (κ2) is 4.56.